The summed E-state index contributed by atoms with van der Waals surface area (Å²) in [5, 5.41) is 0. The van der Waals surface area contributed by atoms with E-state index in [4.69, 9.17) is 0 Å². The second-order valence-electron chi connectivity index (χ2n) is 1.90. The molecule has 0 atom stereocenters. The van der Waals surface area contributed by atoms with E-state index in [1.165, 1.54) is 0 Å². The Morgan fingerprint density at radius 3 is 1.75 bits per heavy atom. The third kappa shape index (κ3) is 6.62. The smallest absolute Gasteiger partial charge is 0.0325 e. The van der Waals surface area contributed by atoms with Crippen LogP contribution in [0.4, 0.5) is 0 Å². The van der Waals surface area contributed by atoms with Crippen molar-refractivity contribution < 1.29 is 0 Å². The summed E-state index contributed by atoms with van der Waals surface area (Å²) >= 11 is 7.89. The summed E-state index contributed by atoms with van der Waals surface area (Å²) < 4.78 is 1.57. The van der Waals surface area contributed by atoms with E-state index in [-0.39, 0.29) is 0 Å². The number of rotatable bonds is 3. The van der Waals surface area contributed by atoms with Crippen LogP contribution in [0.15, 0.2) is 0 Å². The molecule has 0 aliphatic heterocycles. The summed E-state index contributed by atoms with van der Waals surface area (Å²) in [6, 6.07) is 0. The summed E-state index contributed by atoms with van der Waals surface area (Å²) in [5.74, 6) is 0. The van der Waals surface area contributed by atoms with E-state index >= 15 is 0 Å². The molecule has 0 heterocycles. The molecule has 0 saturated carbocycles. The van der Waals surface area contributed by atoms with Gasteiger partial charge in [-0.1, -0.05) is 25.6 Å². The Morgan fingerprint density at radius 2 is 1.62 bits per heavy atom. The van der Waals surface area contributed by atoms with Crippen LogP contribution in [-0.4, -0.2) is 35.8 Å². The van der Waals surface area contributed by atoms with Crippen LogP contribution >= 0.6 is 25.6 Å². The molecule has 0 rings (SSSR count). The predicted molar refractivity (Wildman–Crippen MR) is 43.2 cm³/mol. The first-order chi connectivity index (χ1) is 3.63. The first kappa shape index (κ1) is 8.62. The third-order valence-electron chi connectivity index (χ3n) is 0.747. The van der Waals surface area contributed by atoms with E-state index in [1.54, 1.807) is 3.71 Å². The van der Waals surface area contributed by atoms with Gasteiger partial charge in [0, 0.05) is 13.1 Å². The zero-order valence-electron chi connectivity index (χ0n) is 5.20. The molecule has 0 fully saturated rings. The highest BCUT2D eigenvalue weighted by Gasteiger charge is 1.91. The lowest BCUT2D eigenvalue weighted by Crippen LogP contribution is -2.20. The normalized spacial score (nSPS) is 11.2. The van der Waals surface area contributed by atoms with E-state index in [2.05, 4.69) is 30.5 Å². The zero-order chi connectivity index (χ0) is 6.57. The maximum absolute atomic E-state index is 3.94. The Hall–Kier alpha value is 0.620. The molecule has 0 aromatic heterocycles. The van der Waals surface area contributed by atoms with Crippen molar-refractivity contribution in [3.8, 4) is 0 Å². The van der Waals surface area contributed by atoms with E-state index in [9.17, 15) is 0 Å². The van der Waals surface area contributed by atoms with Crippen LogP contribution in [0.2, 0.25) is 0 Å². The average molecular weight is 152 g/mol. The highest BCUT2D eigenvalue weighted by molar-refractivity contribution is 7.93. The van der Waals surface area contributed by atoms with Gasteiger partial charge in [-0.15, -0.1) is 0 Å². The topological polar surface area (TPSA) is 6.48 Å². The number of hydrogen-bond acceptors (Lipinski definition) is 4. The number of thiol groups is 2. The number of hydrogen-bond donors (Lipinski definition) is 2. The SMILES string of the molecule is CN(C)CCN(S)S. The molecule has 0 unspecified atom stereocenters. The Morgan fingerprint density at radius 1 is 1.12 bits per heavy atom. The van der Waals surface area contributed by atoms with Gasteiger partial charge in [-0.2, -0.15) is 3.71 Å². The first-order valence-corrected chi connectivity index (χ1v) is 3.23. The van der Waals surface area contributed by atoms with Gasteiger partial charge in [-0.25, -0.2) is 0 Å². The van der Waals surface area contributed by atoms with Crippen LogP contribution < -0.4 is 0 Å². The van der Waals surface area contributed by atoms with Crippen molar-refractivity contribution in [3.63, 3.8) is 0 Å². The molecule has 0 bridgehead atoms. The fraction of sp³-hybridized carbons (Fsp3) is 1.00. The van der Waals surface area contributed by atoms with Crippen LogP contribution in [-0.2, 0) is 0 Å². The van der Waals surface area contributed by atoms with Gasteiger partial charge in [-0.3, -0.25) is 0 Å². The van der Waals surface area contributed by atoms with Gasteiger partial charge in [0.25, 0.3) is 0 Å². The van der Waals surface area contributed by atoms with Crippen LogP contribution in [0.1, 0.15) is 0 Å². The summed E-state index contributed by atoms with van der Waals surface area (Å²) in [4.78, 5) is 2.08. The van der Waals surface area contributed by atoms with Crippen LogP contribution in [0, 0.1) is 0 Å². The quantitative estimate of drug-likeness (QED) is 0.570. The molecular weight excluding hydrogens is 140 g/mol. The lowest BCUT2D eigenvalue weighted by molar-refractivity contribution is 0.398. The number of nitrogens with zero attached hydrogens (tertiary/aromatic N) is 2. The summed E-state index contributed by atoms with van der Waals surface area (Å²) in [6.07, 6.45) is 0. The third-order valence-corrected chi connectivity index (χ3v) is 1.15. The molecule has 50 valence electrons. The summed E-state index contributed by atoms with van der Waals surface area (Å²) in [7, 11) is 4.04. The molecule has 0 radical (unpaired) electrons. The Balaban J connectivity index is 2.93. The molecule has 0 aromatic carbocycles. The fourth-order valence-corrected chi connectivity index (χ4v) is 0.468. The highest BCUT2D eigenvalue weighted by atomic mass is 32.2. The van der Waals surface area contributed by atoms with Crippen molar-refractivity contribution in [1.29, 1.82) is 0 Å². The van der Waals surface area contributed by atoms with Crippen LogP contribution in [0.25, 0.3) is 0 Å². The molecular formula is C4H12N2S2. The van der Waals surface area contributed by atoms with E-state index in [1.807, 2.05) is 14.1 Å². The predicted octanol–water partition coefficient (Wildman–Crippen LogP) is 0.540. The van der Waals surface area contributed by atoms with Gasteiger partial charge in [0.1, 0.15) is 0 Å². The van der Waals surface area contributed by atoms with Crippen LogP contribution in [0.5, 0.6) is 0 Å². The number of likely N-dealkylation sites (N-methyl/N-ethyl adjacent to an activating group) is 1. The molecule has 8 heavy (non-hydrogen) atoms. The van der Waals surface area contributed by atoms with Crippen molar-refractivity contribution >= 4 is 25.6 Å². The maximum atomic E-state index is 3.94. The van der Waals surface area contributed by atoms with Gasteiger partial charge in [0.2, 0.25) is 0 Å². The van der Waals surface area contributed by atoms with Gasteiger partial charge in [0.15, 0.2) is 0 Å². The molecule has 0 spiro atoms. The Labute approximate surface area is 61.9 Å². The molecule has 4 heteroatoms. The monoisotopic (exact) mass is 152 g/mol. The van der Waals surface area contributed by atoms with Gasteiger partial charge in [-0.05, 0) is 14.1 Å². The van der Waals surface area contributed by atoms with Crippen molar-refractivity contribution in [1.82, 2.24) is 8.61 Å². The zero-order valence-corrected chi connectivity index (χ0v) is 6.99. The average Bonchev–Trinajstić information content (AvgIpc) is 1.61. The maximum Gasteiger partial charge on any atom is 0.0325 e. The minimum atomic E-state index is 0.874. The minimum Gasteiger partial charge on any atom is -0.308 e. The molecule has 2 nitrogen and oxygen atoms in total. The Bertz CT molecular complexity index is 48.0. The largest absolute Gasteiger partial charge is 0.308 e. The summed E-state index contributed by atoms with van der Waals surface area (Å²) in [5.41, 5.74) is 0. The molecule has 0 saturated heterocycles. The molecule has 0 aliphatic carbocycles. The molecule has 0 N–H and O–H groups in total. The first-order valence-electron chi connectivity index (χ1n) is 2.43. The van der Waals surface area contributed by atoms with Crippen molar-refractivity contribution in [2.24, 2.45) is 0 Å². The van der Waals surface area contributed by atoms with E-state index < -0.39 is 0 Å². The van der Waals surface area contributed by atoms with Gasteiger partial charge in [0.05, 0.1) is 0 Å². The summed E-state index contributed by atoms with van der Waals surface area (Å²) in [6.45, 7) is 1.87. The minimum absolute atomic E-state index is 0.874. The lowest BCUT2D eigenvalue weighted by atomic mass is 10.6. The van der Waals surface area contributed by atoms with Crippen LogP contribution in [0.3, 0.4) is 0 Å². The van der Waals surface area contributed by atoms with Crippen molar-refractivity contribution in [2.45, 2.75) is 0 Å². The van der Waals surface area contributed by atoms with E-state index in [0.717, 1.165) is 13.1 Å². The molecule has 0 amide bonds. The second kappa shape index (κ2) is 4.49. The molecule has 0 aliphatic rings. The second-order valence-corrected chi connectivity index (χ2v) is 3.18. The standard InChI is InChI=1S/C4H12N2S2/c1-5(2)3-4-6(7)8/h7-8H,3-4H2,1-2H3. The highest BCUT2D eigenvalue weighted by Crippen LogP contribution is 1.94. The fourth-order valence-electron chi connectivity index (χ4n) is 0.289. The van der Waals surface area contributed by atoms with Gasteiger partial charge < -0.3 is 4.90 Å². The Kier molecular flexibility index (Phi) is 4.84. The van der Waals surface area contributed by atoms with Crippen molar-refractivity contribution in [2.75, 3.05) is 27.2 Å². The van der Waals surface area contributed by atoms with E-state index in [0.29, 0.717) is 0 Å². The lowest BCUT2D eigenvalue weighted by Gasteiger charge is -2.11. The molecule has 0 aromatic rings. The van der Waals surface area contributed by atoms with Crippen molar-refractivity contribution in [3.05, 3.63) is 0 Å². The van der Waals surface area contributed by atoms with Gasteiger partial charge >= 0.3 is 0 Å².